The standard InChI is InChI=1S/C17H22N2O3/c20-16(21)11-7-2-1-3-8-12-19-15(13-18-17(19)22)14-9-5-4-6-10-14/h4-6,9-10,13H,1-3,7-8,11-12H2,(H,18,22)(H,20,21). The van der Waals surface area contributed by atoms with Crippen molar-refractivity contribution in [2.45, 2.75) is 45.1 Å². The van der Waals surface area contributed by atoms with Crippen molar-refractivity contribution in [3.05, 3.63) is 47.0 Å². The number of benzene rings is 1. The summed E-state index contributed by atoms with van der Waals surface area (Å²) < 4.78 is 1.77. The highest BCUT2D eigenvalue weighted by Crippen LogP contribution is 2.17. The summed E-state index contributed by atoms with van der Waals surface area (Å²) in [6.45, 7) is 0.686. The van der Waals surface area contributed by atoms with E-state index in [0.29, 0.717) is 6.54 Å². The molecule has 1 heterocycles. The summed E-state index contributed by atoms with van der Waals surface area (Å²) >= 11 is 0. The summed E-state index contributed by atoms with van der Waals surface area (Å²) in [5.74, 6) is -0.730. The van der Waals surface area contributed by atoms with Gasteiger partial charge in [0.15, 0.2) is 0 Å². The number of carboxylic acid groups (broad SMARTS) is 1. The van der Waals surface area contributed by atoms with Crippen LogP contribution in [-0.4, -0.2) is 20.6 Å². The molecule has 5 heteroatoms. The third kappa shape index (κ3) is 4.62. The van der Waals surface area contributed by atoms with Crippen molar-refractivity contribution in [3.8, 4) is 11.3 Å². The van der Waals surface area contributed by atoms with Crippen LogP contribution in [0.15, 0.2) is 41.3 Å². The van der Waals surface area contributed by atoms with E-state index in [9.17, 15) is 9.59 Å². The number of nitrogens with one attached hydrogen (secondary N) is 1. The maximum absolute atomic E-state index is 11.9. The molecule has 0 radical (unpaired) electrons. The Kier molecular flexibility index (Phi) is 6.01. The second-order valence-corrected chi connectivity index (χ2v) is 5.41. The zero-order valence-electron chi connectivity index (χ0n) is 12.6. The smallest absolute Gasteiger partial charge is 0.325 e. The van der Waals surface area contributed by atoms with Gasteiger partial charge < -0.3 is 10.1 Å². The predicted octanol–water partition coefficient (Wildman–Crippen LogP) is 3.27. The highest BCUT2D eigenvalue weighted by Gasteiger charge is 2.07. The van der Waals surface area contributed by atoms with Crippen LogP contribution in [0.4, 0.5) is 0 Å². The Morgan fingerprint density at radius 2 is 1.73 bits per heavy atom. The lowest BCUT2D eigenvalue weighted by molar-refractivity contribution is -0.137. The molecule has 0 unspecified atom stereocenters. The van der Waals surface area contributed by atoms with Crippen molar-refractivity contribution in [2.24, 2.45) is 0 Å². The van der Waals surface area contributed by atoms with Crippen molar-refractivity contribution in [1.29, 1.82) is 0 Å². The second kappa shape index (κ2) is 8.22. The van der Waals surface area contributed by atoms with Gasteiger partial charge in [-0.25, -0.2) is 4.79 Å². The van der Waals surface area contributed by atoms with E-state index in [-0.39, 0.29) is 12.1 Å². The van der Waals surface area contributed by atoms with E-state index < -0.39 is 5.97 Å². The summed E-state index contributed by atoms with van der Waals surface area (Å²) in [5, 5.41) is 8.57. The SMILES string of the molecule is O=C(O)CCCCCCCn1c(-c2ccccc2)c[nH]c1=O. The number of aromatic amines is 1. The lowest BCUT2D eigenvalue weighted by Gasteiger charge is -2.07. The zero-order chi connectivity index (χ0) is 15.8. The molecular formula is C17H22N2O3. The van der Waals surface area contributed by atoms with Gasteiger partial charge in [-0.1, -0.05) is 49.6 Å². The van der Waals surface area contributed by atoms with Crippen LogP contribution in [0.25, 0.3) is 11.3 Å². The minimum Gasteiger partial charge on any atom is -0.481 e. The quantitative estimate of drug-likeness (QED) is 0.698. The Morgan fingerprint density at radius 3 is 2.45 bits per heavy atom. The molecule has 0 atom stereocenters. The molecule has 0 amide bonds. The van der Waals surface area contributed by atoms with Gasteiger partial charge in [0.25, 0.3) is 0 Å². The Bertz CT molecular complexity index is 643. The van der Waals surface area contributed by atoms with Crippen LogP contribution in [0.5, 0.6) is 0 Å². The van der Waals surface area contributed by atoms with Gasteiger partial charge in [-0.05, 0) is 18.4 Å². The van der Waals surface area contributed by atoms with Gasteiger partial charge in [0.05, 0.1) is 5.69 Å². The van der Waals surface area contributed by atoms with Gasteiger partial charge in [-0.2, -0.15) is 0 Å². The fourth-order valence-electron chi connectivity index (χ4n) is 2.54. The molecule has 0 saturated heterocycles. The molecule has 0 aliphatic carbocycles. The predicted molar refractivity (Wildman–Crippen MR) is 85.8 cm³/mol. The first-order valence-electron chi connectivity index (χ1n) is 7.74. The van der Waals surface area contributed by atoms with E-state index in [1.54, 1.807) is 10.8 Å². The zero-order valence-corrected chi connectivity index (χ0v) is 12.6. The molecule has 5 nitrogen and oxygen atoms in total. The van der Waals surface area contributed by atoms with E-state index >= 15 is 0 Å². The average molecular weight is 302 g/mol. The maximum Gasteiger partial charge on any atom is 0.325 e. The molecule has 1 aromatic carbocycles. The van der Waals surface area contributed by atoms with Gasteiger partial charge in [-0.15, -0.1) is 0 Å². The lowest BCUT2D eigenvalue weighted by atomic mass is 10.1. The van der Waals surface area contributed by atoms with E-state index in [2.05, 4.69) is 4.98 Å². The van der Waals surface area contributed by atoms with Crippen LogP contribution in [0, 0.1) is 0 Å². The summed E-state index contributed by atoms with van der Waals surface area (Å²) in [6.07, 6.45) is 6.60. The minimum absolute atomic E-state index is 0.0790. The molecule has 0 spiro atoms. The summed E-state index contributed by atoms with van der Waals surface area (Å²) in [4.78, 5) is 25.1. The fraction of sp³-hybridized carbons (Fsp3) is 0.412. The van der Waals surface area contributed by atoms with Crippen molar-refractivity contribution in [1.82, 2.24) is 9.55 Å². The Hall–Kier alpha value is -2.30. The number of aromatic nitrogens is 2. The van der Waals surface area contributed by atoms with E-state index in [1.807, 2.05) is 30.3 Å². The number of H-pyrrole nitrogens is 1. The van der Waals surface area contributed by atoms with Gasteiger partial charge in [-0.3, -0.25) is 9.36 Å². The van der Waals surface area contributed by atoms with Gasteiger partial charge >= 0.3 is 11.7 Å². The molecule has 0 saturated carbocycles. The van der Waals surface area contributed by atoms with Crippen molar-refractivity contribution in [3.63, 3.8) is 0 Å². The van der Waals surface area contributed by atoms with Crippen molar-refractivity contribution >= 4 is 5.97 Å². The molecular weight excluding hydrogens is 280 g/mol. The highest BCUT2D eigenvalue weighted by atomic mass is 16.4. The third-order valence-corrected chi connectivity index (χ3v) is 3.71. The number of hydrogen-bond donors (Lipinski definition) is 2. The van der Waals surface area contributed by atoms with Crippen LogP contribution in [0.1, 0.15) is 38.5 Å². The normalized spacial score (nSPS) is 10.7. The number of carboxylic acids is 1. The van der Waals surface area contributed by atoms with Crippen LogP contribution in [-0.2, 0) is 11.3 Å². The van der Waals surface area contributed by atoms with Crippen molar-refractivity contribution < 1.29 is 9.90 Å². The van der Waals surface area contributed by atoms with Crippen LogP contribution < -0.4 is 5.69 Å². The van der Waals surface area contributed by atoms with E-state index in [4.69, 9.17) is 5.11 Å². The van der Waals surface area contributed by atoms with Crippen LogP contribution >= 0.6 is 0 Å². The molecule has 0 fully saturated rings. The first-order valence-corrected chi connectivity index (χ1v) is 7.74. The summed E-state index contributed by atoms with van der Waals surface area (Å²) in [7, 11) is 0. The lowest BCUT2D eigenvalue weighted by Crippen LogP contribution is -2.17. The number of aliphatic carboxylic acids is 1. The number of imidazole rings is 1. The molecule has 2 rings (SSSR count). The molecule has 2 N–H and O–H groups in total. The Balaban J connectivity index is 1.82. The largest absolute Gasteiger partial charge is 0.481 e. The number of nitrogens with zero attached hydrogens (tertiary/aromatic N) is 1. The van der Waals surface area contributed by atoms with E-state index in [1.165, 1.54) is 0 Å². The number of unbranched alkanes of at least 4 members (excludes halogenated alkanes) is 4. The molecule has 0 bridgehead atoms. The van der Waals surface area contributed by atoms with E-state index in [0.717, 1.165) is 43.4 Å². The first kappa shape index (κ1) is 16.1. The van der Waals surface area contributed by atoms with Gasteiger partial charge in [0.1, 0.15) is 0 Å². The molecule has 22 heavy (non-hydrogen) atoms. The number of hydrogen-bond acceptors (Lipinski definition) is 2. The first-order chi connectivity index (χ1) is 10.7. The van der Waals surface area contributed by atoms with Gasteiger partial charge in [0.2, 0.25) is 0 Å². The Morgan fingerprint density at radius 1 is 1.05 bits per heavy atom. The molecule has 1 aromatic heterocycles. The second-order valence-electron chi connectivity index (χ2n) is 5.41. The van der Waals surface area contributed by atoms with Crippen LogP contribution in [0.2, 0.25) is 0 Å². The topological polar surface area (TPSA) is 75.1 Å². The molecule has 0 aliphatic heterocycles. The monoisotopic (exact) mass is 302 g/mol. The molecule has 118 valence electrons. The van der Waals surface area contributed by atoms with Crippen molar-refractivity contribution in [2.75, 3.05) is 0 Å². The average Bonchev–Trinajstić information content (AvgIpc) is 2.88. The minimum atomic E-state index is -0.730. The number of rotatable bonds is 9. The third-order valence-electron chi connectivity index (χ3n) is 3.71. The summed E-state index contributed by atoms with van der Waals surface area (Å²) in [6, 6.07) is 9.85. The number of carbonyl (C=O) groups is 1. The molecule has 0 aliphatic rings. The maximum atomic E-state index is 11.9. The Labute approximate surface area is 129 Å². The highest BCUT2D eigenvalue weighted by molar-refractivity contribution is 5.66. The summed E-state index contributed by atoms with van der Waals surface area (Å²) in [5.41, 5.74) is 1.86. The van der Waals surface area contributed by atoms with Crippen LogP contribution in [0.3, 0.4) is 0 Å². The molecule has 2 aromatic rings. The fourth-order valence-corrected chi connectivity index (χ4v) is 2.54. The van der Waals surface area contributed by atoms with Gasteiger partial charge in [0, 0.05) is 19.2 Å².